The minimum Gasteiger partial charge on any atom is -0.340 e. The molecule has 2 rings (SSSR count). The maximum atomic E-state index is 12.7. The van der Waals surface area contributed by atoms with Gasteiger partial charge in [-0.2, -0.15) is 13.2 Å². The number of amides is 1. The fourth-order valence-corrected chi connectivity index (χ4v) is 3.19. The lowest BCUT2D eigenvalue weighted by molar-refractivity contribution is -0.140. The number of rotatable bonds is 4. The molecular formula is C14H17ClF3N3OS. The molecule has 1 N–H and O–H groups in total. The zero-order valence-corrected chi connectivity index (χ0v) is 14.5. The highest BCUT2D eigenvalue weighted by Crippen LogP contribution is 2.34. The predicted octanol–water partition coefficient (Wildman–Crippen LogP) is 3.34. The Hall–Kier alpha value is -1.38. The van der Waals surface area contributed by atoms with Gasteiger partial charge in [0.05, 0.1) is 4.88 Å². The van der Waals surface area contributed by atoms with E-state index in [1.807, 2.05) is 0 Å². The fourth-order valence-electron chi connectivity index (χ4n) is 2.02. The van der Waals surface area contributed by atoms with Crippen molar-refractivity contribution in [3.8, 4) is 0 Å². The van der Waals surface area contributed by atoms with Crippen LogP contribution in [0.1, 0.15) is 20.9 Å². The highest BCUT2D eigenvalue weighted by Gasteiger charge is 2.33. The molecular weight excluding hydrogens is 351 g/mol. The number of aromatic nitrogens is 1. The first-order valence-electron chi connectivity index (χ1n) is 6.63. The van der Waals surface area contributed by atoms with Crippen LogP contribution in [-0.4, -0.2) is 43.0 Å². The van der Waals surface area contributed by atoms with Gasteiger partial charge < -0.3 is 10.2 Å². The van der Waals surface area contributed by atoms with Gasteiger partial charge in [-0.3, -0.25) is 4.79 Å². The highest BCUT2D eigenvalue weighted by atomic mass is 35.5. The van der Waals surface area contributed by atoms with Crippen LogP contribution in [0.25, 0.3) is 10.2 Å². The van der Waals surface area contributed by atoms with Gasteiger partial charge >= 0.3 is 6.18 Å². The number of likely N-dealkylation sites (N-methyl/N-ethyl adjacent to an activating group) is 2. The molecule has 2 heterocycles. The van der Waals surface area contributed by atoms with Gasteiger partial charge in [-0.15, -0.1) is 23.7 Å². The Labute approximate surface area is 142 Å². The number of aryl methyl sites for hydroxylation is 1. The van der Waals surface area contributed by atoms with Crippen molar-refractivity contribution in [2.24, 2.45) is 0 Å². The zero-order valence-electron chi connectivity index (χ0n) is 12.8. The van der Waals surface area contributed by atoms with Gasteiger partial charge in [-0.25, -0.2) is 4.98 Å². The first kappa shape index (κ1) is 19.7. The summed E-state index contributed by atoms with van der Waals surface area (Å²) in [6, 6.07) is 2.32. The Kier molecular flexibility index (Phi) is 6.38. The van der Waals surface area contributed by atoms with E-state index in [0.29, 0.717) is 28.9 Å². The summed E-state index contributed by atoms with van der Waals surface area (Å²) in [5.41, 5.74) is -0.272. The molecule has 0 aliphatic heterocycles. The summed E-state index contributed by atoms with van der Waals surface area (Å²) < 4.78 is 38.1. The van der Waals surface area contributed by atoms with Crippen LogP contribution in [-0.2, 0) is 6.18 Å². The number of nitrogens with zero attached hydrogens (tertiary/aromatic N) is 2. The van der Waals surface area contributed by atoms with E-state index in [1.54, 1.807) is 25.9 Å². The van der Waals surface area contributed by atoms with Crippen LogP contribution in [0.2, 0.25) is 0 Å². The third kappa shape index (κ3) is 4.13. The van der Waals surface area contributed by atoms with Gasteiger partial charge in [0.25, 0.3) is 5.91 Å². The topological polar surface area (TPSA) is 45.2 Å². The van der Waals surface area contributed by atoms with Crippen LogP contribution in [0.4, 0.5) is 13.2 Å². The predicted molar refractivity (Wildman–Crippen MR) is 87.5 cm³/mol. The van der Waals surface area contributed by atoms with E-state index in [1.165, 1.54) is 6.07 Å². The van der Waals surface area contributed by atoms with Crippen LogP contribution in [0.3, 0.4) is 0 Å². The Morgan fingerprint density at radius 3 is 2.61 bits per heavy atom. The summed E-state index contributed by atoms with van der Waals surface area (Å²) in [5.74, 6) is -0.204. The van der Waals surface area contributed by atoms with Gasteiger partial charge in [0.2, 0.25) is 0 Å². The third-order valence-corrected chi connectivity index (χ3v) is 4.52. The first-order valence-corrected chi connectivity index (χ1v) is 7.44. The number of hydrogen-bond acceptors (Lipinski definition) is 4. The molecule has 1 amide bonds. The monoisotopic (exact) mass is 367 g/mol. The summed E-state index contributed by atoms with van der Waals surface area (Å²) in [7, 11) is 3.45. The van der Waals surface area contributed by atoms with E-state index >= 15 is 0 Å². The van der Waals surface area contributed by atoms with Crippen LogP contribution >= 0.6 is 23.7 Å². The van der Waals surface area contributed by atoms with Gasteiger partial charge in [-0.05, 0) is 31.7 Å². The second-order valence-corrected chi connectivity index (χ2v) is 5.93. The molecule has 9 heteroatoms. The minimum atomic E-state index is -4.49. The fraction of sp³-hybridized carbons (Fsp3) is 0.429. The van der Waals surface area contributed by atoms with Crippen molar-refractivity contribution in [3.05, 3.63) is 28.3 Å². The van der Waals surface area contributed by atoms with Crippen LogP contribution < -0.4 is 5.32 Å². The molecule has 0 saturated heterocycles. The first-order chi connectivity index (χ1) is 10.3. The van der Waals surface area contributed by atoms with Gasteiger partial charge in [0, 0.05) is 25.5 Å². The Bertz CT molecular complexity index is 702. The van der Waals surface area contributed by atoms with Crippen molar-refractivity contribution < 1.29 is 18.0 Å². The molecule has 0 aliphatic carbocycles. The Balaban J connectivity index is 0.00000264. The molecule has 0 aromatic carbocycles. The van der Waals surface area contributed by atoms with E-state index in [4.69, 9.17) is 0 Å². The molecule has 2 aromatic rings. The second kappa shape index (κ2) is 7.46. The van der Waals surface area contributed by atoms with E-state index in [0.717, 1.165) is 17.4 Å². The van der Waals surface area contributed by atoms with Crippen molar-refractivity contribution >= 4 is 39.9 Å². The van der Waals surface area contributed by atoms with Crippen molar-refractivity contribution in [1.29, 1.82) is 0 Å². The van der Waals surface area contributed by atoms with Gasteiger partial charge in [0.15, 0.2) is 0 Å². The number of nitrogens with one attached hydrogen (secondary N) is 1. The van der Waals surface area contributed by atoms with Crippen LogP contribution in [0.5, 0.6) is 0 Å². The number of hydrogen-bond donors (Lipinski definition) is 1. The van der Waals surface area contributed by atoms with Gasteiger partial charge in [-0.1, -0.05) is 0 Å². The van der Waals surface area contributed by atoms with E-state index in [2.05, 4.69) is 10.3 Å². The maximum absolute atomic E-state index is 12.7. The summed E-state index contributed by atoms with van der Waals surface area (Å²) in [5, 5.41) is 3.53. The molecule has 0 bridgehead atoms. The summed E-state index contributed by atoms with van der Waals surface area (Å²) in [6.07, 6.45) is -4.49. The Morgan fingerprint density at radius 2 is 2.04 bits per heavy atom. The smallest absolute Gasteiger partial charge is 0.340 e. The normalized spacial score (nSPS) is 11.4. The van der Waals surface area contributed by atoms with E-state index in [-0.39, 0.29) is 23.1 Å². The molecule has 0 unspecified atom stereocenters. The molecule has 0 atom stereocenters. The molecule has 0 spiro atoms. The lowest BCUT2D eigenvalue weighted by Gasteiger charge is -2.16. The molecule has 128 valence electrons. The highest BCUT2D eigenvalue weighted by molar-refractivity contribution is 7.20. The van der Waals surface area contributed by atoms with Crippen LogP contribution in [0, 0.1) is 6.92 Å². The number of halogens is 4. The number of alkyl halides is 3. The maximum Gasteiger partial charge on any atom is 0.433 e. The number of carbonyl (C=O) groups is 1. The quantitative estimate of drug-likeness (QED) is 0.901. The molecule has 0 radical (unpaired) electrons. The van der Waals surface area contributed by atoms with Crippen molar-refractivity contribution in [1.82, 2.24) is 15.2 Å². The average Bonchev–Trinajstić information content (AvgIpc) is 2.79. The number of pyridine rings is 1. The molecule has 0 aliphatic rings. The number of fused-ring (bicyclic) bond motifs is 1. The Morgan fingerprint density at radius 1 is 1.39 bits per heavy atom. The lowest BCUT2D eigenvalue weighted by atomic mass is 10.1. The van der Waals surface area contributed by atoms with Crippen molar-refractivity contribution in [3.63, 3.8) is 0 Å². The van der Waals surface area contributed by atoms with Crippen molar-refractivity contribution in [2.75, 3.05) is 27.2 Å². The largest absolute Gasteiger partial charge is 0.433 e. The summed E-state index contributed by atoms with van der Waals surface area (Å²) >= 11 is 1.00. The molecule has 2 aromatic heterocycles. The summed E-state index contributed by atoms with van der Waals surface area (Å²) in [4.78, 5) is 18.2. The molecule has 4 nitrogen and oxygen atoms in total. The zero-order chi connectivity index (χ0) is 16.5. The SMILES string of the molecule is CNCCN(C)C(=O)c1sc2nc(C(F)(F)F)ccc2c1C.Cl. The number of thiophene rings is 1. The van der Waals surface area contributed by atoms with Gasteiger partial charge in [0.1, 0.15) is 10.5 Å². The average molecular weight is 368 g/mol. The van der Waals surface area contributed by atoms with E-state index < -0.39 is 11.9 Å². The standard InChI is InChI=1S/C14H16F3N3OS.ClH/c1-8-9-4-5-10(14(15,16)17)19-12(9)22-11(8)13(21)20(3)7-6-18-2;/h4-5,18H,6-7H2,1-3H3;1H. The molecule has 0 fully saturated rings. The third-order valence-electron chi connectivity index (χ3n) is 3.33. The number of carbonyl (C=O) groups excluding carboxylic acids is 1. The molecule has 23 heavy (non-hydrogen) atoms. The minimum absolute atomic E-state index is 0. The molecule has 0 saturated carbocycles. The second-order valence-electron chi connectivity index (χ2n) is 4.93. The summed E-state index contributed by atoms with van der Waals surface area (Å²) in [6.45, 7) is 2.89. The lowest BCUT2D eigenvalue weighted by Crippen LogP contribution is -2.32. The van der Waals surface area contributed by atoms with Crippen LogP contribution in [0.15, 0.2) is 12.1 Å². The van der Waals surface area contributed by atoms with Crippen molar-refractivity contribution in [2.45, 2.75) is 13.1 Å². The van der Waals surface area contributed by atoms with E-state index in [9.17, 15) is 18.0 Å².